The number of benzene rings is 1. The zero-order valence-electron chi connectivity index (χ0n) is 12.3. The molecule has 21 heavy (non-hydrogen) atoms. The number of aliphatic hydroxyl groups is 1. The Hall–Kier alpha value is -1.61. The topological polar surface area (TPSA) is 38.0 Å². The highest BCUT2D eigenvalue weighted by atomic mass is 16.3. The third kappa shape index (κ3) is 2.20. The van der Waals surface area contributed by atoms with Crippen LogP contribution in [0.3, 0.4) is 0 Å². The van der Waals surface area contributed by atoms with Crippen LogP contribution in [0.5, 0.6) is 0 Å². The van der Waals surface area contributed by atoms with E-state index in [1.807, 2.05) is 12.5 Å². The van der Waals surface area contributed by atoms with E-state index in [-0.39, 0.29) is 6.10 Å². The quantitative estimate of drug-likeness (QED) is 0.933. The number of fused-ring (bicyclic) bond motifs is 3. The Bertz CT molecular complexity index is 628. The van der Waals surface area contributed by atoms with Gasteiger partial charge < -0.3 is 9.67 Å². The van der Waals surface area contributed by atoms with Crippen LogP contribution in [-0.4, -0.2) is 20.8 Å². The molecule has 1 aromatic carbocycles. The van der Waals surface area contributed by atoms with Crippen LogP contribution in [0.4, 0.5) is 0 Å². The maximum Gasteiger partial charge on any atom is 0.0994 e. The van der Waals surface area contributed by atoms with Crippen molar-refractivity contribution in [2.75, 3.05) is 0 Å². The Kier molecular flexibility index (Phi) is 3.30. The fraction of sp³-hybridized carbons (Fsp3) is 0.500. The second kappa shape index (κ2) is 5.30. The van der Waals surface area contributed by atoms with Gasteiger partial charge >= 0.3 is 0 Å². The van der Waals surface area contributed by atoms with Gasteiger partial charge in [0.05, 0.1) is 23.8 Å². The van der Waals surface area contributed by atoms with Crippen LogP contribution in [0.25, 0.3) is 5.69 Å². The summed E-state index contributed by atoms with van der Waals surface area (Å²) in [6.07, 6.45) is 10.8. The maximum absolute atomic E-state index is 10.7. The van der Waals surface area contributed by atoms with Crippen LogP contribution in [0.2, 0.25) is 0 Å². The van der Waals surface area contributed by atoms with E-state index in [0.29, 0.717) is 11.8 Å². The molecule has 0 spiro atoms. The van der Waals surface area contributed by atoms with Crippen molar-refractivity contribution in [3.8, 4) is 5.69 Å². The minimum absolute atomic E-state index is 0.190. The minimum atomic E-state index is -0.190. The number of aliphatic hydroxyl groups excluding tert-OH is 1. The number of hydrogen-bond acceptors (Lipinski definition) is 2. The predicted molar refractivity (Wildman–Crippen MR) is 82.6 cm³/mol. The number of rotatable bonds is 3. The summed E-state index contributed by atoms with van der Waals surface area (Å²) < 4.78 is 2.17. The second-order valence-corrected chi connectivity index (χ2v) is 6.50. The number of nitrogens with zero attached hydrogens (tertiary/aromatic N) is 2. The normalized spacial score (nSPS) is 22.8. The van der Waals surface area contributed by atoms with Crippen LogP contribution >= 0.6 is 0 Å². The van der Waals surface area contributed by atoms with E-state index in [2.05, 4.69) is 33.8 Å². The standard InChI is InChI=1S/C18H22N2O/c21-18(13-6-2-1-3-7-13)10-15-14-8-4-5-9-16(14)20-12-19-11-17(15)20/h4-5,8-9,11-13,15,18,21H,1-3,6-7,10H2/t15-,18+/m0/s1. The first-order valence-electron chi connectivity index (χ1n) is 8.14. The van der Waals surface area contributed by atoms with Gasteiger partial charge in [-0.15, -0.1) is 0 Å². The lowest BCUT2D eigenvalue weighted by molar-refractivity contribution is 0.0737. The van der Waals surface area contributed by atoms with Crippen molar-refractivity contribution in [3.05, 3.63) is 48.0 Å². The van der Waals surface area contributed by atoms with Gasteiger partial charge in [0.1, 0.15) is 0 Å². The van der Waals surface area contributed by atoms with Gasteiger partial charge in [-0.1, -0.05) is 37.5 Å². The van der Waals surface area contributed by atoms with Gasteiger partial charge in [0, 0.05) is 12.1 Å². The van der Waals surface area contributed by atoms with Gasteiger partial charge in [-0.25, -0.2) is 4.98 Å². The van der Waals surface area contributed by atoms with E-state index in [0.717, 1.165) is 6.42 Å². The van der Waals surface area contributed by atoms with Gasteiger partial charge in [0.15, 0.2) is 0 Å². The molecule has 0 amide bonds. The highest BCUT2D eigenvalue weighted by Crippen LogP contribution is 2.42. The van der Waals surface area contributed by atoms with Crippen molar-refractivity contribution in [2.24, 2.45) is 5.92 Å². The highest BCUT2D eigenvalue weighted by molar-refractivity contribution is 5.53. The summed E-state index contributed by atoms with van der Waals surface area (Å²) in [6, 6.07) is 8.51. The summed E-state index contributed by atoms with van der Waals surface area (Å²) >= 11 is 0. The van der Waals surface area contributed by atoms with Crippen LogP contribution in [0, 0.1) is 5.92 Å². The average molecular weight is 282 g/mol. The molecule has 3 nitrogen and oxygen atoms in total. The molecule has 2 atom stereocenters. The van der Waals surface area contributed by atoms with Gasteiger partial charge in [0.2, 0.25) is 0 Å². The van der Waals surface area contributed by atoms with Gasteiger partial charge in [0.25, 0.3) is 0 Å². The largest absolute Gasteiger partial charge is 0.393 e. The molecular formula is C18H22N2O. The van der Waals surface area contributed by atoms with E-state index in [9.17, 15) is 5.11 Å². The monoisotopic (exact) mass is 282 g/mol. The molecule has 1 aliphatic carbocycles. The highest BCUT2D eigenvalue weighted by Gasteiger charge is 2.32. The van der Waals surface area contributed by atoms with E-state index in [1.165, 1.54) is 49.0 Å². The molecule has 2 heterocycles. The second-order valence-electron chi connectivity index (χ2n) is 6.50. The zero-order chi connectivity index (χ0) is 14.2. The van der Waals surface area contributed by atoms with Crippen molar-refractivity contribution in [3.63, 3.8) is 0 Å². The van der Waals surface area contributed by atoms with Gasteiger partial charge in [-0.2, -0.15) is 0 Å². The smallest absolute Gasteiger partial charge is 0.0994 e. The summed E-state index contributed by atoms with van der Waals surface area (Å²) in [4.78, 5) is 4.29. The molecule has 1 aromatic heterocycles. The minimum Gasteiger partial charge on any atom is -0.393 e. The molecule has 1 saturated carbocycles. The number of imidazole rings is 1. The Morgan fingerprint density at radius 1 is 1.19 bits per heavy atom. The lowest BCUT2D eigenvalue weighted by Crippen LogP contribution is -2.25. The van der Waals surface area contributed by atoms with E-state index >= 15 is 0 Å². The van der Waals surface area contributed by atoms with Crippen molar-refractivity contribution >= 4 is 0 Å². The molecule has 2 aromatic rings. The molecule has 0 bridgehead atoms. The SMILES string of the molecule is O[C@H](C[C@H]1c2ccccc2-n2cncc21)C1CCCCC1. The Labute approximate surface area is 125 Å². The molecule has 0 unspecified atom stereocenters. The third-order valence-electron chi connectivity index (χ3n) is 5.27. The van der Waals surface area contributed by atoms with E-state index < -0.39 is 0 Å². The first-order valence-corrected chi connectivity index (χ1v) is 8.14. The van der Waals surface area contributed by atoms with Crippen molar-refractivity contribution in [1.82, 2.24) is 9.55 Å². The summed E-state index contributed by atoms with van der Waals surface area (Å²) in [5.74, 6) is 0.781. The Morgan fingerprint density at radius 3 is 2.86 bits per heavy atom. The Morgan fingerprint density at radius 2 is 2.00 bits per heavy atom. The first kappa shape index (κ1) is 13.1. The summed E-state index contributed by atoms with van der Waals surface area (Å²) in [6.45, 7) is 0. The van der Waals surface area contributed by atoms with Crippen LogP contribution in [0.15, 0.2) is 36.8 Å². The summed E-state index contributed by atoms with van der Waals surface area (Å²) in [7, 11) is 0. The fourth-order valence-corrected chi connectivity index (χ4v) is 4.13. The number of para-hydroxylation sites is 1. The molecule has 110 valence electrons. The van der Waals surface area contributed by atoms with Crippen molar-refractivity contribution in [2.45, 2.75) is 50.5 Å². The van der Waals surface area contributed by atoms with Gasteiger partial charge in [-0.05, 0) is 36.8 Å². The van der Waals surface area contributed by atoms with E-state index in [1.54, 1.807) is 0 Å². The lowest BCUT2D eigenvalue weighted by Gasteiger charge is -2.28. The predicted octanol–water partition coefficient (Wildman–Crippen LogP) is 3.65. The number of aromatic nitrogens is 2. The first-order chi connectivity index (χ1) is 10.3. The zero-order valence-corrected chi connectivity index (χ0v) is 12.3. The van der Waals surface area contributed by atoms with Crippen LogP contribution in [-0.2, 0) is 0 Å². The molecule has 1 aliphatic heterocycles. The molecule has 0 saturated heterocycles. The molecule has 1 N–H and O–H groups in total. The maximum atomic E-state index is 10.7. The van der Waals surface area contributed by atoms with Crippen LogP contribution in [0.1, 0.15) is 55.7 Å². The molecular weight excluding hydrogens is 260 g/mol. The number of hydrogen-bond donors (Lipinski definition) is 1. The lowest BCUT2D eigenvalue weighted by atomic mass is 9.80. The van der Waals surface area contributed by atoms with Crippen molar-refractivity contribution < 1.29 is 5.11 Å². The van der Waals surface area contributed by atoms with Crippen molar-refractivity contribution in [1.29, 1.82) is 0 Å². The average Bonchev–Trinajstić information content (AvgIpc) is 3.11. The third-order valence-corrected chi connectivity index (χ3v) is 5.27. The van der Waals surface area contributed by atoms with E-state index in [4.69, 9.17) is 0 Å². The van der Waals surface area contributed by atoms with Crippen LogP contribution < -0.4 is 0 Å². The summed E-state index contributed by atoms with van der Waals surface area (Å²) in [5.41, 5.74) is 3.79. The Balaban J connectivity index is 1.60. The molecule has 1 fully saturated rings. The molecule has 4 rings (SSSR count). The fourth-order valence-electron chi connectivity index (χ4n) is 4.13. The summed E-state index contributed by atoms with van der Waals surface area (Å²) in [5, 5.41) is 10.7. The molecule has 2 aliphatic rings. The van der Waals surface area contributed by atoms with Gasteiger partial charge in [-0.3, -0.25) is 0 Å². The molecule has 3 heteroatoms. The molecule has 0 radical (unpaired) electrons.